The van der Waals surface area contributed by atoms with Gasteiger partial charge >= 0.3 is 0 Å². The second-order valence-corrected chi connectivity index (χ2v) is 8.64. The van der Waals surface area contributed by atoms with Crippen LogP contribution in [0.2, 0.25) is 5.02 Å². The monoisotopic (exact) mass is 497 g/mol. The lowest BCUT2D eigenvalue weighted by molar-refractivity contribution is -0.121. The van der Waals surface area contributed by atoms with Gasteiger partial charge < -0.3 is 25.7 Å². The van der Waals surface area contributed by atoms with Crippen LogP contribution in [-0.4, -0.2) is 58.4 Å². The molecule has 3 rings (SSSR count). The van der Waals surface area contributed by atoms with Gasteiger partial charge in [-0.25, -0.2) is 13.8 Å². The smallest absolute Gasteiger partial charge is 0.273 e. The summed E-state index contributed by atoms with van der Waals surface area (Å²) in [6.07, 6.45) is 2.77. The van der Waals surface area contributed by atoms with Crippen LogP contribution < -0.4 is 11.1 Å². The number of carbonyl (C=O) groups excluding carboxylic acids is 3. The van der Waals surface area contributed by atoms with E-state index < -0.39 is 35.3 Å². The minimum Gasteiger partial charge on any atom is -0.380 e. The molecule has 1 fully saturated rings. The molecule has 3 amide bonds. The molecule has 2 aromatic rings. The average Bonchev–Trinajstić information content (AvgIpc) is 3.29. The van der Waals surface area contributed by atoms with Crippen molar-refractivity contribution < 1.29 is 27.9 Å². The van der Waals surface area contributed by atoms with Crippen LogP contribution >= 0.6 is 11.6 Å². The second kappa shape index (κ2) is 10.9. The number of ether oxygens (including phenoxy) is 1. The fraction of sp³-hybridized carbons (Fsp3) is 0.455. The largest absolute Gasteiger partial charge is 0.380 e. The van der Waals surface area contributed by atoms with Crippen molar-refractivity contribution in [3.8, 4) is 0 Å². The van der Waals surface area contributed by atoms with E-state index in [0.717, 1.165) is 6.07 Å². The van der Waals surface area contributed by atoms with Crippen molar-refractivity contribution in [2.75, 3.05) is 19.0 Å². The molecule has 9 nitrogen and oxygen atoms in total. The van der Waals surface area contributed by atoms with Gasteiger partial charge in [-0.15, -0.1) is 0 Å². The predicted octanol–water partition coefficient (Wildman–Crippen LogP) is 3.11. The van der Waals surface area contributed by atoms with E-state index in [1.807, 2.05) is 6.92 Å². The molecule has 1 heterocycles. The number of nitrogens with two attached hydrogens (primary N) is 1. The molecule has 1 aromatic heterocycles. The van der Waals surface area contributed by atoms with E-state index in [-0.39, 0.29) is 40.8 Å². The molecule has 1 aliphatic rings. The van der Waals surface area contributed by atoms with E-state index >= 15 is 0 Å². The number of carbonyl (C=O) groups is 3. The Labute approximate surface area is 200 Å². The molecule has 1 aliphatic carbocycles. The summed E-state index contributed by atoms with van der Waals surface area (Å²) >= 11 is 5.87. The van der Waals surface area contributed by atoms with Crippen LogP contribution in [0, 0.1) is 17.6 Å². The minimum absolute atomic E-state index is 0.00269. The number of rotatable bonds is 8. The zero-order valence-corrected chi connectivity index (χ0v) is 19.5. The van der Waals surface area contributed by atoms with Crippen LogP contribution in [0.15, 0.2) is 18.5 Å². The van der Waals surface area contributed by atoms with Gasteiger partial charge in [0, 0.05) is 31.7 Å². The maximum atomic E-state index is 14.0. The van der Waals surface area contributed by atoms with Gasteiger partial charge in [0.2, 0.25) is 5.91 Å². The number of amides is 3. The molecule has 1 aromatic carbocycles. The number of hydrogen-bond donors (Lipinski definition) is 3. The highest BCUT2D eigenvalue weighted by Crippen LogP contribution is 2.32. The first-order chi connectivity index (χ1) is 16.1. The Morgan fingerprint density at radius 3 is 2.56 bits per heavy atom. The minimum atomic E-state index is -0.956. The van der Waals surface area contributed by atoms with Crippen molar-refractivity contribution >= 4 is 35.0 Å². The predicted molar refractivity (Wildman–Crippen MR) is 120 cm³/mol. The number of nitrogens with zero attached hydrogens (tertiary/aromatic N) is 2. The molecule has 0 aliphatic heterocycles. The van der Waals surface area contributed by atoms with Gasteiger partial charge in [0.05, 0.1) is 23.1 Å². The number of benzene rings is 1. The SMILES string of the molecule is COC(C)CN(C(=O)c1[nH]cnc1C(N)=O)C1CCC(C(=O)Nc2c(F)cc(F)cc2Cl)CC1. The third-order valence-electron chi connectivity index (χ3n) is 5.97. The Morgan fingerprint density at radius 2 is 1.97 bits per heavy atom. The van der Waals surface area contributed by atoms with Crippen LogP contribution in [-0.2, 0) is 9.53 Å². The highest BCUT2D eigenvalue weighted by Gasteiger charge is 2.35. The van der Waals surface area contributed by atoms with Gasteiger partial charge in [-0.2, -0.15) is 0 Å². The first kappa shape index (κ1) is 25.6. The number of methoxy groups -OCH3 is 1. The fourth-order valence-electron chi connectivity index (χ4n) is 4.07. The van der Waals surface area contributed by atoms with E-state index in [4.69, 9.17) is 22.1 Å². The molecule has 4 N–H and O–H groups in total. The van der Waals surface area contributed by atoms with Gasteiger partial charge in [0.15, 0.2) is 11.5 Å². The number of imidazole rings is 1. The molecule has 1 unspecified atom stereocenters. The molecule has 0 bridgehead atoms. The highest BCUT2D eigenvalue weighted by atomic mass is 35.5. The topological polar surface area (TPSA) is 130 Å². The van der Waals surface area contributed by atoms with Crippen molar-refractivity contribution in [1.82, 2.24) is 14.9 Å². The lowest BCUT2D eigenvalue weighted by Gasteiger charge is -2.37. The summed E-state index contributed by atoms with van der Waals surface area (Å²) in [5.41, 5.74) is 4.91. The Kier molecular flexibility index (Phi) is 8.21. The van der Waals surface area contributed by atoms with Crippen LogP contribution in [0.4, 0.5) is 14.5 Å². The van der Waals surface area contributed by atoms with Gasteiger partial charge in [0.25, 0.3) is 11.8 Å². The van der Waals surface area contributed by atoms with E-state index in [1.165, 1.54) is 13.4 Å². The summed E-state index contributed by atoms with van der Waals surface area (Å²) in [6, 6.07) is 1.34. The van der Waals surface area contributed by atoms with E-state index in [2.05, 4.69) is 15.3 Å². The molecule has 0 spiro atoms. The summed E-state index contributed by atoms with van der Waals surface area (Å²) in [6.45, 7) is 2.06. The van der Waals surface area contributed by atoms with Crippen LogP contribution in [0.5, 0.6) is 0 Å². The highest BCUT2D eigenvalue weighted by molar-refractivity contribution is 6.33. The molecule has 34 heavy (non-hydrogen) atoms. The van der Waals surface area contributed by atoms with Crippen LogP contribution in [0.25, 0.3) is 0 Å². The number of primary amides is 1. The Balaban J connectivity index is 1.71. The van der Waals surface area contributed by atoms with Gasteiger partial charge in [-0.3, -0.25) is 14.4 Å². The number of aromatic amines is 1. The van der Waals surface area contributed by atoms with Crippen molar-refractivity contribution in [3.05, 3.63) is 46.5 Å². The quantitative estimate of drug-likeness (QED) is 0.516. The second-order valence-electron chi connectivity index (χ2n) is 8.23. The number of halogens is 3. The number of aromatic nitrogens is 2. The fourth-order valence-corrected chi connectivity index (χ4v) is 4.32. The molecule has 1 atom stereocenters. The summed E-state index contributed by atoms with van der Waals surface area (Å²) in [5, 5.41) is 2.22. The average molecular weight is 498 g/mol. The Hall–Kier alpha value is -3.05. The van der Waals surface area contributed by atoms with Crippen molar-refractivity contribution in [1.29, 1.82) is 0 Å². The molecule has 1 saturated carbocycles. The molecule has 0 radical (unpaired) electrons. The lowest BCUT2D eigenvalue weighted by Crippen LogP contribution is -2.47. The molecule has 12 heteroatoms. The summed E-state index contributed by atoms with van der Waals surface area (Å²) in [5.74, 6) is -3.94. The third kappa shape index (κ3) is 5.71. The Morgan fingerprint density at radius 1 is 1.29 bits per heavy atom. The molecule has 184 valence electrons. The van der Waals surface area contributed by atoms with Crippen LogP contribution in [0.3, 0.4) is 0 Å². The maximum absolute atomic E-state index is 14.0. The standard InChI is InChI=1S/C22H26ClF2N5O4/c1-11(34-2)9-30(22(33)19-18(20(26)31)27-10-28-19)14-5-3-12(4-6-14)21(32)29-17-15(23)7-13(24)8-16(17)25/h7-8,10-12,14H,3-6,9H2,1-2H3,(H2,26,31)(H,27,28)(H,29,32). The van der Waals surface area contributed by atoms with E-state index in [9.17, 15) is 23.2 Å². The van der Waals surface area contributed by atoms with Gasteiger partial charge in [-0.1, -0.05) is 11.6 Å². The summed E-state index contributed by atoms with van der Waals surface area (Å²) < 4.78 is 32.6. The van der Waals surface area contributed by atoms with E-state index in [0.29, 0.717) is 31.7 Å². The third-order valence-corrected chi connectivity index (χ3v) is 6.27. The van der Waals surface area contributed by atoms with Gasteiger partial charge in [-0.05, 0) is 38.7 Å². The number of H-pyrrole nitrogens is 1. The van der Waals surface area contributed by atoms with Crippen molar-refractivity contribution in [3.63, 3.8) is 0 Å². The van der Waals surface area contributed by atoms with Crippen LogP contribution in [0.1, 0.15) is 53.6 Å². The Bertz CT molecular complexity index is 1050. The van der Waals surface area contributed by atoms with Gasteiger partial charge in [0.1, 0.15) is 11.5 Å². The molecular formula is C22H26ClF2N5O4. The lowest BCUT2D eigenvalue weighted by atomic mass is 9.84. The first-order valence-corrected chi connectivity index (χ1v) is 11.1. The first-order valence-electron chi connectivity index (χ1n) is 10.7. The molecular weight excluding hydrogens is 472 g/mol. The zero-order chi connectivity index (χ0) is 25.0. The number of hydrogen-bond acceptors (Lipinski definition) is 5. The maximum Gasteiger partial charge on any atom is 0.273 e. The normalized spacial score (nSPS) is 18.9. The summed E-state index contributed by atoms with van der Waals surface area (Å²) in [4.78, 5) is 45.7. The van der Waals surface area contributed by atoms with Crippen molar-refractivity contribution in [2.45, 2.75) is 44.8 Å². The number of anilines is 1. The summed E-state index contributed by atoms with van der Waals surface area (Å²) in [7, 11) is 1.53. The van der Waals surface area contributed by atoms with E-state index in [1.54, 1.807) is 4.90 Å². The van der Waals surface area contributed by atoms with Crippen molar-refractivity contribution in [2.24, 2.45) is 11.7 Å². The zero-order valence-electron chi connectivity index (χ0n) is 18.7. The number of nitrogens with one attached hydrogen (secondary N) is 2. The molecule has 0 saturated heterocycles.